The van der Waals surface area contributed by atoms with Crippen LogP contribution in [0.5, 0.6) is 0 Å². The number of para-hydroxylation sites is 1. The fraction of sp³-hybridized carbons (Fsp3) is 0.167. The lowest BCUT2D eigenvalue weighted by atomic mass is 10.1. The number of rotatable bonds is 1. The zero-order valence-corrected chi connectivity index (χ0v) is 7.75. The van der Waals surface area contributed by atoms with E-state index in [2.05, 4.69) is 41.7 Å². The quantitative estimate of drug-likeness (QED) is 0.684. The highest BCUT2D eigenvalue weighted by molar-refractivity contribution is 5.84. The number of anilines is 1. The highest BCUT2D eigenvalue weighted by Crippen LogP contribution is 2.29. The summed E-state index contributed by atoms with van der Waals surface area (Å²) in [6.45, 7) is 2.98. The average molecular weight is 171 g/mol. The molecule has 0 aromatic heterocycles. The summed E-state index contributed by atoms with van der Waals surface area (Å²) < 4.78 is 0. The molecule has 1 aliphatic heterocycles. The molecule has 0 atom stereocenters. The average Bonchev–Trinajstić information content (AvgIpc) is 2.58. The van der Waals surface area contributed by atoms with Gasteiger partial charge in [-0.2, -0.15) is 0 Å². The second kappa shape index (κ2) is 3.48. The first-order valence-corrected chi connectivity index (χ1v) is 4.57. The third kappa shape index (κ3) is 1.50. The number of hydrogen-bond acceptors (Lipinski definition) is 1. The standard InChI is InChI=1S/C12H13N/c1-2-3-6-10-9-13-12-8-5-4-7-11(10)12/h2-8,13H,9H2,1H3/b3-2-,10-6+. The van der Waals surface area contributed by atoms with Crippen LogP contribution in [0.1, 0.15) is 12.5 Å². The second-order valence-electron chi connectivity index (χ2n) is 3.12. The van der Waals surface area contributed by atoms with E-state index in [1.165, 1.54) is 16.8 Å². The first-order chi connectivity index (χ1) is 6.42. The molecule has 0 spiro atoms. The Kier molecular flexibility index (Phi) is 2.17. The van der Waals surface area contributed by atoms with E-state index in [0.717, 1.165) is 6.54 Å². The fourth-order valence-corrected chi connectivity index (χ4v) is 1.56. The third-order valence-electron chi connectivity index (χ3n) is 2.23. The zero-order chi connectivity index (χ0) is 9.10. The normalized spacial score (nSPS) is 17.8. The number of nitrogens with one attached hydrogen (secondary N) is 1. The maximum Gasteiger partial charge on any atom is 0.0419 e. The van der Waals surface area contributed by atoms with Crippen molar-refractivity contribution in [3.05, 3.63) is 48.1 Å². The molecule has 1 aliphatic rings. The highest BCUT2D eigenvalue weighted by Gasteiger charge is 2.12. The first-order valence-electron chi connectivity index (χ1n) is 4.57. The van der Waals surface area contributed by atoms with Crippen LogP contribution >= 0.6 is 0 Å². The van der Waals surface area contributed by atoms with Crippen molar-refractivity contribution in [2.45, 2.75) is 6.92 Å². The van der Waals surface area contributed by atoms with Gasteiger partial charge in [0.25, 0.3) is 0 Å². The van der Waals surface area contributed by atoms with Gasteiger partial charge in [0.05, 0.1) is 0 Å². The summed E-state index contributed by atoms with van der Waals surface area (Å²) in [6.07, 6.45) is 6.30. The van der Waals surface area contributed by atoms with Crippen molar-refractivity contribution in [3.8, 4) is 0 Å². The van der Waals surface area contributed by atoms with Crippen LogP contribution in [0.4, 0.5) is 5.69 Å². The van der Waals surface area contributed by atoms with Crippen molar-refractivity contribution in [3.63, 3.8) is 0 Å². The van der Waals surface area contributed by atoms with E-state index in [-0.39, 0.29) is 0 Å². The molecule has 1 heteroatoms. The van der Waals surface area contributed by atoms with Gasteiger partial charge in [-0.15, -0.1) is 0 Å². The molecule has 1 heterocycles. The van der Waals surface area contributed by atoms with Gasteiger partial charge in [-0.3, -0.25) is 0 Å². The summed E-state index contributed by atoms with van der Waals surface area (Å²) in [5.74, 6) is 0. The summed E-state index contributed by atoms with van der Waals surface area (Å²) in [7, 11) is 0. The Balaban J connectivity index is 2.38. The molecular formula is C12H13N. The van der Waals surface area contributed by atoms with Crippen molar-refractivity contribution >= 4 is 11.3 Å². The topological polar surface area (TPSA) is 12.0 Å². The Morgan fingerprint density at radius 1 is 1.31 bits per heavy atom. The second-order valence-corrected chi connectivity index (χ2v) is 3.12. The van der Waals surface area contributed by atoms with Crippen LogP contribution < -0.4 is 5.32 Å². The molecule has 66 valence electrons. The summed E-state index contributed by atoms with van der Waals surface area (Å²) in [5, 5.41) is 3.36. The summed E-state index contributed by atoms with van der Waals surface area (Å²) >= 11 is 0. The minimum Gasteiger partial charge on any atom is -0.380 e. The van der Waals surface area contributed by atoms with Crippen LogP contribution in [0.2, 0.25) is 0 Å². The molecule has 1 aromatic rings. The van der Waals surface area contributed by atoms with E-state index < -0.39 is 0 Å². The van der Waals surface area contributed by atoms with Crippen molar-refractivity contribution in [2.75, 3.05) is 11.9 Å². The molecule has 0 bridgehead atoms. The minimum absolute atomic E-state index is 0.948. The Labute approximate surface area is 78.8 Å². The van der Waals surface area contributed by atoms with Crippen molar-refractivity contribution in [1.29, 1.82) is 0 Å². The maximum absolute atomic E-state index is 3.36. The van der Waals surface area contributed by atoms with E-state index in [9.17, 15) is 0 Å². The molecule has 0 saturated carbocycles. The summed E-state index contributed by atoms with van der Waals surface area (Å²) in [4.78, 5) is 0. The Morgan fingerprint density at radius 2 is 2.15 bits per heavy atom. The SMILES string of the molecule is C/C=C\C=C1/CNc2ccccc21. The lowest BCUT2D eigenvalue weighted by Crippen LogP contribution is -1.90. The largest absolute Gasteiger partial charge is 0.380 e. The molecule has 13 heavy (non-hydrogen) atoms. The predicted molar refractivity (Wildman–Crippen MR) is 57.7 cm³/mol. The van der Waals surface area contributed by atoms with Crippen molar-refractivity contribution in [1.82, 2.24) is 0 Å². The third-order valence-corrected chi connectivity index (χ3v) is 2.23. The number of hydrogen-bond donors (Lipinski definition) is 1. The molecule has 0 aliphatic carbocycles. The Bertz CT molecular complexity index is 361. The van der Waals surface area contributed by atoms with Gasteiger partial charge in [-0.25, -0.2) is 0 Å². The van der Waals surface area contributed by atoms with Gasteiger partial charge in [0, 0.05) is 17.8 Å². The molecule has 0 amide bonds. The van der Waals surface area contributed by atoms with Crippen LogP contribution in [-0.4, -0.2) is 6.54 Å². The van der Waals surface area contributed by atoms with E-state index in [0.29, 0.717) is 0 Å². The van der Waals surface area contributed by atoms with Gasteiger partial charge in [-0.1, -0.05) is 36.4 Å². The van der Waals surface area contributed by atoms with Gasteiger partial charge < -0.3 is 5.32 Å². The van der Waals surface area contributed by atoms with E-state index in [1.807, 2.05) is 13.0 Å². The molecule has 2 rings (SSSR count). The van der Waals surface area contributed by atoms with Crippen LogP contribution in [0.15, 0.2) is 42.5 Å². The molecule has 0 saturated heterocycles. The maximum atomic E-state index is 3.36. The number of fused-ring (bicyclic) bond motifs is 1. The first kappa shape index (κ1) is 8.11. The van der Waals surface area contributed by atoms with Gasteiger partial charge in [-0.05, 0) is 18.6 Å². The minimum atomic E-state index is 0.948. The van der Waals surface area contributed by atoms with Crippen molar-refractivity contribution < 1.29 is 0 Å². The molecule has 1 nitrogen and oxygen atoms in total. The van der Waals surface area contributed by atoms with Gasteiger partial charge >= 0.3 is 0 Å². The monoisotopic (exact) mass is 171 g/mol. The predicted octanol–water partition coefficient (Wildman–Crippen LogP) is 3.07. The van der Waals surface area contributed by atoms with E-state index in [1.54, 1.807) is 0 Å². The molecule has 1 N–H and O–H groups in total. The summed E-state index contributed by atoms with van der Waals surface area (Å²) in [6, 6.07) is 8.41. The molecule has 0 radical (unpaired) electrons. The van der Waals surface area contributed by atoms with Gasteiger partial charge in [0.15, 0.2) is 0 Å². The van der Waals surface area contributed by atoms with Crippen LogP contribution in [0.3, 0.4) is 0 Å². The molecule has 0 unspecified atom stereocenters. The van der Waals surface area contributed by atoms with E-state index >= 15 is 0 Å². The lowest BCUT2D eigenvalue weighted by molar-refractivity contribution is 1.44. The number of benzene rings is 1. The molecule has 1 aromatic carbocycles. The van der Waals surface area contributed by atoms with E-state index in [4.69, 9.17) is 0 Å². The Morgan fingerprint density at radius 3 is 3.00 bits per heavy atom. The Hall–Kier alpha value is -1.50. The van der Waals surface area contributed by atoms with Crippen molar-refractivity contribution in [2.24, 2.45) is 0 Å². The van der Waals surface area contributed by atoms with Crippen LogP contribution in [0.25, 0.3) is 5.57 Å². The van der Waals surface area contributed by atoms with Gasteiger partial charge in [0.1, 0.15) is 0 Å². The fourth-order valence-electron chi connectivity index (χ4n) is 1.56. The lowest BCUT2D eigenvalue weighted by Gasteiger charge is -1.96. The zero-order valence-electron chi connectivity index (χ0n) is 7.75. The van der Waals surface area contributed by atoms with Gasteiger partial charge in [0.2, 0.25) is 0 Å². The van der Waals surface area contributed by atoms with Crippen LogP contribution in [0, 0.1) is 0 Å². The highest BCUT2D eigenvalue weighted by atomic mass is 14.9. The molecular weight excluding hydrogens is 158 g/mol. The summed E-state index contributed by atoms with van der Waals surface area (Å²) in [5.41, 5.74) is 3.95. The smallest absolute Gasteiger partial charge is 0.0419 e. The van der Waals surface area contributed by atoms with Crippen LogP contribution in [-0.2, 0) is 0 Å². The number of allylic oxidation sites excluding steroid dienone is 3. The molecule has 0 fully saturated rings.